The van der Waals surface area contributed by atoms with Crippen LogP contribution in [0.2, 0.25) is 0 Å². The molecule has 0 aliphatic carbocycles. The summed E-state index contributed by atoms with van der Waals surface area (Å²) in [4.78, 5) is 11.3. The van der Waals surface area contributed by atoms with Crippen LogP contribution in [0.15, 0.2) is 18.2 Å². The quantitative estimate of drug-likeness (QED) is 0.758. The van der Waals surface area contributed by atoms with E-state index >= 15 is 0 Å². The Morgan fingerprint density at radius 3 is 2.79 bits per heavy atom. The van der Waals surface area contributed by atoms with Gasteiger partial charge in [0.25, 0.3) is 5.91 Å². The first-order valence-corrected chi connectivity index (χ1v) is 4.45. The van der Waals surface area contributed by atoms with Crippen LogP contribution in [0.3, 0.4) is 0 Å². The smallest absolute Gasteiger partial charge is 0.251 e. The first-order chi connectivity index (χ1) is 6.69. The molecule has 1 aromatic rings. The minimum absolute atomic E-state index is 0.140. The lowest BCUT2D eigenvalue weighted by atomic mass is 10.1. The van der Waals surface area contributed by atoms with Crippen molar-refractivity contribution in [1.82, 2.24) is 5.32 Å². The lowest BCUT2D eigenvalue weighted by Gasteiger charge is -2.04. The summed E-state index contributed by atoms with van der Waals surface area (Å²) < 4.78 is 13.2. The number of benzene rings is 1. The summed E-state index contributed by atoms with van der Waals surface area (Å²) in [5, 5.41) is 2.59. The van der Waals surface area contributed by atoms with Crippen molar-refractivity contribution < 1.29 is 9.18 Å². The highest BCUT2D eigenvalue weighted by Gasteiger charge is 2.07. The van der Waals surface area contributed by atoms with Gasteiger partial charge in [0, 0.05) is 24.2 Å². The Morgan fingerprint density at radius 1 is 1.57 bits per heavy atom. The van der Waals surface area contributed by atoms with Crippen molar-refractivity contribution in [2.75, 3.05) is 6.54 Å². The van der Waals surface area contributed by atoms with Gasteiger partial charge < -0.3 is 11.1 Å². The standard InChI is InChI=1S/C10H13FN2O/c1-2-13-10(14)7-3-4-8(6-12)9(11)5-7/h3-5H,2,6,12H2,1H3,(H,13,14). The van der Waals surface area contributed by atoms with E-state index in [1.807, 2.05) is 6.92 Å². The third-order valence-electron chi connectivity index (χ3n) is 1.87. The van der Waals surface area contributed by atoms with E-state index in [0.717, 1.165) is 0 Å². The van der Waals surface area contributed by atoms with Crippen molar-refractivity contribution in [2.45, 2.75) is 13.5 Å². The fraction of sp³-hybridized carbons (Fsp3) is 0.300. The van der Waals surface area contributed by atoms with Crippen molar-refractivity contribution in [1.29, 1.82) is 0 Å². The van der Waals surface area contributed by atoms with E-state index in [9.17, 15) is 9.18 Å². The summed E-state index contributed by atoms with van der Waals surface area (Å²) in [5.74, 6) is -0.703. The Bertz CT molecular complexity index is 339. The van der Waals surface area contributed by atoms with Gasteiger partial charge in [-0.05, 0) is 19.1 Å². The van der Waals surface area contributed by atoms with Crippen LogP contribution in [-0.4, -0.2) is 12.5 Å². The maximum Gasteiger partial charge on any atom is 0.251 e. The summed E-state index contributed by atoms with van der Waals surface area (Å²) in [6.07, 6.45) is 0. The highest BCUT2D eigenvalue weighted by molar-refractivity contribution is 5.94. The average molecular weight is 196 g/mol. The van der Waals surface area contributed by atoms with Crippen LogP contribution in [0.1, 0.15) is 22.8 Å². The number of hydrogen-bond donors (Lipinski definition) is 2. The highest BCUT2D eigenvalue weighted by Crippen LogP contribution is 2.09. The Kier molecular flexibility index (Phi) is 3.59. The number of amides is 1. The second-order valence-corrected chi connectivity index (χ2v) is 2.87. The molecule has 0 bridgehead atoms. The van der Waals surface area contributed by atoms with Crippen molar-refractivity contribution >= 4 is 5.91 Å². The van der Waals surface area contributed by atoms with Crippen molar-refractivity contribution in [3.05, 3.63) is 35.1 Å². The lowest BCUT2D eigenvalue weighted by molar-refractivity contribution is 0.0955. The number of carbonyl (C=O) groups excluding carboxylic acids is 1. The predicted octanol–water partition coefficient (Wildman–Crippen LogP) is 1.03. The fourth-order valence-corrected chi connectivity index (χ4v) is 1.12. The first-order valence-electron chi connectivity index (χ1n) is 4.45. The van der Waals surface area contributed by atoms with Crippen LogP contribution in [0.4, 0.5) is 4.39 Å². The Labute approximate surface area is 82.1 Å². The summed E-state index contributed by atoms with van der Waals surface area (Å²) in [6.45, 7) is 2.48. The second-order valence-electron chi connectivity index (χ2n) is 2.87. The molecule has 0 saturated heterocycles. The van der Waals surface area contributed by atoms with E-state index in [4.69, 9.17) is 5.73 Å². The number of rotatable bonds is 3. The summed E-state index contributed by atoms with van der Waals surface area (Å²) in [5.41, 5.74) is 6.03. The van der Waals surface area contributed by atoms with Crippen LogP contribution in [0.5, 0.6) is 0 Å². The van der Waals surface area contributed by atoms with Gasteiger partial charge in [-0.25, -0.2) is 4.39 Å². The van der Waals surface area contributed by atoms with Gasteiger partial charge in [0.15, 0.2) is 0 Å². The van der Waals surface area contributed by atoms with Gasteiger partial charge >= 0.3 is 0 Å². The fourth-order valence-electron chi connectivity index (χ4n) is 1.12. The molecule has 14 heavy (non-hydrogen) atoms. The molecule has 1 aromatic carbocycles. The second kappa shape index (κ2) is 4.72. The van der Waals surface area contributed by atoms with Crippen molar-refractivity contribution in [3.8, 4) is 0 Å². The summed E-state index contributed by atoms with van der Waals surface area (Å²) >= 11 is 0. The Balaban J connectivity index is 2.91. The zero-order chi connectivity index (χ0) is 10.6. The van der Waals surface area contributed by atoms with Gasteiger partial charge in [-0.15, -0.1) is 0 Å². The van der Waals surface area contributed by atoms with Crippen LogP contribution >= 0.6 is 0 Å². The maximum atomic E-state index is 13.2. The molecule has 0 atom stereocenters. The van der Waals surface area contributed by atoms with Gasteiger partial charge in [-0.3, -0.25) is 4.79 Å². The maximum absolute atomic E-state index is 13.2. The van der Waals surface area contributed by atoms with E-state index in [0.29, 0.717) is 17.7 Å². The predicted molar refractivity (Wildman–Crippen MR) is 52.3 cm³/mol. The Hall–Kier alpha value is -1.42. The number of carbonyl (C=O) groups is 1. The third kappa shape index (κ3) is 2.29. The monoisotopic (exact) mass is 196 g/mol. The molecule has 1 amide bonds. The number of nitrogens with one attached hydrogen (secondary N) is 1. The zero-order valence-electron chi connectivity index (χ0n) is 8.01. The van der Waals surface area contributed by atoms with E-state index < -0.39 is 5.82 Å². The van der Waals surface area contributed by atoms with Crippen molar-refractivity contribution in [2.24, 2.45) is 5.73 Å². The van der Waals surface area contributed by atoms with Crippen LogP contribution in [0.25, 0.3) is 0 Å². The number of nitrogens with two attached hydrogens (primary N) is 1. The van der Waals surface area contributed by atoms with Crippen molar-refractivity contribution in [3.63, 3.8) is 0 Å². The largest absolute Gasteiger partial charge is 0.352 e. The Morgan fingerprint density at radius 2 is 2.29 bits per heavy atom. The van der Waals surface area contributed by atoms with Gasteiger partial charge in [0.2, 0.25) is 0 Å². The minimum Gasteiger partial charge on any atom is -0.352 e. The molecule has 1 rings (SSSR count). The van der Waals surface area contributed by atoms with E-state index in [-0.39, 0.29) is 12.5 Å². The lowest BCUT2D eigenvalue weighted by Crippen LogP contribution is -2.22. The van der Waals surface area contributed by atoms with Crippen LogP contribution in [0, 0.1) is 5.82 Å². The first kappa shape index (κ1) is 10.7. The normalized spacial score (nSPS) is 9.93. The molecular weight excluding hydrogens is 183 g/mol. The molecule has 0 spiro atoms. The number of halogens is 1. The van der Waals surface area contributed by atoms with Crippen LogP contribution in [-0.2, 0) is 6.54 Å². The van der Waals surface area contributed by atoms with Gasteiger partial charge in [0.1, 0.15) is 5.82 Å². The van der Waals surface area contributed by atoms with E-state index in [1.165, 1.54) is 12.1 Å². The summed E-state index contributed by atoms with van der Waals surface area (Å²) in [7, 11) is 0. The molecule has 0 aliphatic rings. The van der Waals surface area contributed by atoms with Gasteiger partial charge in [-0.2, -0.15) is 0 Å². The topological polar surface area (TPSA) is 55.1 Å². The molecule has 3 nitrogen and oxygen atoms in total. The molecule has 76 valence electrons. The number of hydrogen-bond acceptors (Lipinski definition) is 2. The van der Waals surface area contributed by atoms with E-state index in [2.05, 4.69) is 5.32 Å². The molecule has 0 unspecified atom stereocenters. The molecule has 0 fully saturated rings. The minimum atomic E-state index is -0.434. The third-order valence-corrected chi connectivity index (χ3v) is 1.87. The molecule has 0 saturated carbocycles. The van der Waals surface area contributed by atoms with Gasteiger partial charge in [-0.1, -0.05) is 6.07 Å². The van der Waals surface area contributed by atoms with Gasteiger partial charge in [0.05, 0.1) is 0 Å². The average Bonchev–Trinajstić information content (AvgIpc) is 2.18. The summed E-state index contributed by atoms with van der Waals surface area (Å²) in [6, 6.07) is 4.30. The van der Waals surface area contributed by atoms with Crippen LogP contribution < -0.4 is 11.1 Å². The molecule has 0 aliphatic heterocycles. The van der Waals surface area contributed by atoms with E-state index in [1.54, 1.807) is 6.07 Å². The molecule has 3 N–H and O–H groups in total. The molecule has 0 heterocycles. The zero-order valence-corrected chi connectivity index (χ0v) is 8.01. The SMILES string of the molecule is CCNC(=O)c1ccc(CN)c(F)c1. The molecule has 4 heteroatoms. The molecule has 0 aromatic heterocycles. The highest BCUT2D eigenvalue weighted by atomic mass is 19.1. The molecular formula is C10H13FN2O. The molecule has 0 radical (unpaired) electrons.